The van der Waals surface area contributed by atoms with Crippen LogP contribution in [0, 0.1) is 0 Å². The lowest BCUT2D eigenvalue weighted by atomic mass is 10.1. The highest BCUT2D eigenvalue weighted by molar-refractivity contribution is 6.06. The van der Waals surface area contributed by atoms with Crippen LogP contribution in [0.15, 0.2) is 52.4 Å². The summed E-state index contributed by atoms with van der Waals surface area (Å²) >= 11 is 0. The number of anilines is 1. The standard InChI is InChI=1S/C18H21N5O3/c1-24-13-7-5-4-6-12(13)20-18-22-16(21-17(19)23-18)11-8-9-14(25-2)15(10-11)26-3/h4-10,16H,1-3H3,(H4,19,20,21,22,23). The lowest BCUT2D eigenvalue weighted by Crippen LogP contribution is -2.43. The number of nitrogens with zero attached hydrogens (tertiary/aromatic N) is 2. The molecule has 0 radical (unpaired) electrons. The third-order valence-electron chi connectivity index (χ3n) is 3.83. The minimum absolute atomic E-state index is 0.261. The highest BCUT2D eigenvalue weighted by Crippen LogP contribution is 2.32. The maximum atomic E-state index is 5.93. The van der Waals surface area contributed by atoms with Crippen LogP contribution in [0.1, 0.15) is 11.7 Å². The molecule has 0 aliphatic carbocycles. The van der Waals surface area contributed by atoms with E-state index in [0.717, 1.165) is 11.3 Å². The summed E-state index contributed by atoms with van der Waals surface area (Å²) in [5.41, 5.74) is 7.53. The molecule has 0 amide bonds. The fourth-order valence-corrected chi connectivity index (χ4v) is 2.57. The molecule has 1 aliphatic rings. The van der Waals surface area contributed by atoms with Crippen molar-refractivity contribution >= 4 is 17.6 Å². The molecule has 26 heavy (non-hydrogen) atoms. The second-order valence-electron chi connectivity index (χ2n) is 5.43. The first-order valence-corrected chi connectivity index (χ1v) is 7.94. The van der Waals surface area contributed by atoms with Crippen LogP contribution in [0.3, 0.4) is 0 Å². The lowest BCUT2D eigenvalue weighted by molar-refractivity contribution is 0.354. The van der Waals surface area contributed by atoms with Gasteiger partial charge in [-0.15, -0.1) is 0 Å². The van der Waals surface area contributed by atoms with Gasteiger partial charge in [0.25, 0.3) is 0 Å². The Labute approximate surface area is 151 Å². The van der Waals surface area contributed by atoms with Gasteiger partial charge in [-0.1, -0.05) is 18.2 Å². The zero-order chi connectivity index (χ0) is 18.5. The van der Waals surface area contributed by atoms with Crippen molar-refractivity contribution in [1.29, 1.82) is 0 Å². The van der Waals surface area contributed by atoms with Gasteiger partial charge in [0.05, 0.1) is 27.0 Å². The second-order valence-corrected chi connectivity index (χ2v) is 5.43. The Balaban J connectivity index is 1.89. The van der Waals surface area contributed by atoms with Crippen molar-refractivity contribution in [2.24, 2.45) is 15.7 Å². The molecule has 0 spiro atoms. The number of rotatable bonds is 5. The highest BCUT2D eigenvalue weighted by Gasteiger charge is 2.19. The number of methoxy groups -OCH3 is 3. The molecule has 1 unspecified atom stereocenters. The van der Waals surface area contributed by atoms with Crippen LogP contribution in [-0.2, 0) is 0 Å². The number of hydrogen-bond acceptors (Lipinski definition) is 8. The molecule has 1 aliphatic heterocycles. The Bertz CT molecular complexity index is 850. The van der Waals surface area contributed by atoms with Crippen LogP contribution in [0.4, 0.5) is 5.69 Å². The maximum absolute atomic E-state index is 5.93. The van der Waals surface area contributed by atoms with E-state index in [0.29, 0.717) is 23.2 Å². The van der Waals surface area contributed by atoms with Crippen molar-refractivity contribution in [2.75, 3.05) is 26.6 Å². The number of aliphatic imine (C=N–C) groups is 2. The Kier molecular flexibility index (Phi) is 5.12. The summed E-state index contributed by atoms with van der Waals surface area (Å²) < 4.78 is 16.0. The van der Waals surface area contributed by atoms with Gasteiger partial charge in [-0.25, -0.2) is 9.98 Å². The Morgan fingerprint density at radius 1 is 0.923 bits per heavy atom. The molecule has 136 valence electrons. The van der Waals surface area contributed by atoms with Gasteiger partial charge in [0.15, 0.2) is 23.6 Å². The summed E-state index contributed by atoms with van der Waals surface area (Å²) in [6, 6.07) is 13.0. The van der Waals surface area contributed by atoms with Crippen LogP contribution < -0.4 is 30.6 Å². The van der Waals surface area contributed by atoms with E-state index in [1.54, 1.807) is 21.3 Å². The molecule has 2 aromatic rings. The molecule has 1 heterocycles. The van der Waals surface area contributed by atoms with Gasteiger partial charge >= 0.3 is 0 Å². The largest absolute Gasteiger partial charge is 0.495 e. The van der Waals surface area contributed by atoms with Gasteiger partial charge in [-0.05, 0) is 24.3 Å². The maximum Gasteiger partial charge on any atom is 0.205 e. The van der Waals surface area contributed by atoms with Gasteiger partial charge in [0.2, 0.25) is 5.96 Å². The molecule has 0 aromatic heterocycles. The summed E-state index contributed by atoms with van der Waals surface area (Å²) in [7, 11) is 4.78. The first kappa shape index (κ1) is 17.4. The van der Waals surface area contributed by atoms with Gasteiger partial charge in [0.1, 0.15) is 5.75 Å². The minimum atomic E-state index is -0.506. The predicted octanol–water partition coefficient (Wildman–Crippen LogP) is 2.10. The summed E-state index contributed by atoms with van der Waals surface area (Å²) in [6.45, 7) is 0. The van der Waals surface area contributed by atoms with Gasteiger partial charge in [-0.2, -0.15) is 0 Å². The van der Waals surface area contributed by atoms with Crippen LogP contribution in [0.5, 0.6) is 17.2 Å². The average molecular weight is 355 g/mol. The molecule has 8 nitrogen and oxygen atoms in total. The second kappa shape index (κ2) is 7.64. The van der Waals surface area contributed by atoms with E-state index in [9.17, 15) is 0 Å². The van der Waals surface area contributed by atoms with Crippen molar-refractivity contribution in [2.45, 2.75) is 6.17 Å². The molecular weight excluding hydrogens is 334 g/mol. The van der Waals surface area contributed by atoms with E-state index in [-0.39, 0.29) is 5.96 Å². The first-order chi connectivity index (χ1) is 12.6. The molecule has 0 bridgehead atoms. The van der Waals surface area contributed by atoms with Gasteiger partial charge in [-0.3, -0.25) is 5.32 Å². The fourth-order valence-electron chi connectivity index (χ4n) is 2.57. The minimum Gasteiger partial charge on any atom is -0.495 e. The summed E-state index contributed by atoms with van der Waals surface area (Å²) in [6.07, 6.45) is -0.506. The summed E-state index contributed by atoms with van der Waals surface area (Å²) in [5, 5.41) is 6.10. The number of nitrogens with two attached hydrogens (primary N) is 1. The third kappa shape index (κ3) is 3.64. The quantitative estimate of drug-likeness (QED) is 0.759. The first-order valence-electron chi connectivity index (χ1n) is 7.94. The van der Waals surface area contributed by atoms with Crippen molar-refractivity contribution in [1.82, 2.24) is 5.32 Å². The molecule has 4 N–H and O–H groups in total. The van der Waals surface area contributed by atoms with Crippen LogP contribution in [-0.4, -0.2) is 33.2 Å². The number of guanidine groups is 2. The van der Waals surface area contributed by atoms with Crippen LogP contribution in [0.2, 0.25) is 0 Å². The van der Waals surface area contributed by atoms with E-state index in [4.69, 9.17) is 19.9 Å². The van der Waals surface area contributed by atoms with Crippen LogP contribution in [0.25, 0.3) is 0 Å². The number of benzene rings is 2. The molecular formula is C18H21N5O3. The van der Waals surface area contributed by atoms with E-state index in [1.807, 2.05) is 42.5 Å². The smallest absolute Gasteiger partial charge is 0.205 e. The number of para-hydroxylation sites is 2. The normalized spacial score (nSPS) is 16.0. The number of nitrogens with one attached hydrogen (secondary N) is 2. The average Bonchev–Trinajstić information content (AvgIpc) is 2.67. The van der Waals surface area contributed by atoms with E-state index < -0.39 is 6.17 Å². The molecule has 0 saturated heterocycles. The zero-order valence-electron chi connectivity index (χ0n) is 14.8. The molecule has 1 atom stereocenters. The van der Waals surface area contributed by atoms with Crippen LogP contribution >= 0.6 is 0 Å². The van der Waals surface area contributed by atoms with E-state index in [2.05, 4.69) is 20.6 Å². The van der Waals surface area contributed by atoms with Gasteiger partial charge < -0.3 is 25.3 Å². The predicted molar refractivity (Wildman–Crippen MR) is 101 cm³/mol. The highest BCUT2D eigenvalue weighted by atomic mass is 16.5. The monoisotopic (exact) mass is 355 g/mol. The molecule has 0 fully saturated rings. The fraction of sp³-hybridized carbons (Fsp3) is 0.222. The molecule has 2 aromatic carbocycles. The Morgan fingerprint density at radius 2 is 1.65 bits per heavy atom. The third-order valence-corrected chi connectivity index (χ3v) is 3.83. The number of hydrogen-bond donors (Lipinski definition) is 3. The molecule has 8 heteroatoms. The Morgan fingerprint density at radius 3 is 2.38 bits per heavy atom. The molecule has 0 saturated carbocycles. The van der Waals surface area contributed by atoms with Crippen molar-refractivity contribution < 1.29 is 14.2 Å². The topological polar surface area (TPSA) is 102 Å². The summed E-state index contributed by atoms with van der Waals surface area (Å²) in [5.74, 6) is 2.67. The van der Waals surface area contributed by atoms with Crippen molar-refractivity contribution in [3.63, 3.8) is 0 Å². The SMILES string of the molecule is COc1ccccc1NC1=NC(c2ccc(OC)c(OC)c2)N=C(N)N1. The summed E-state index contributed by atoms with van der Waals surface area (Å²) in [4.78, 5) is 8.93. The molecule has 3 rings (SSSR count). The number of ether oxygens (including phenoxy) is 3. The zero-order valence-corrected chi connectivity index (χ0v) is 14.8. The van der Waals surface area contributed by atoms with E-state index in [1.165, 1.54) is 0 Å². The Hall–Kier alpha value is -3.42. The lowest BCUT2D eigenvalue weighted by Gasteiger charge is -2.21. The van der Waals surface area contributed by atoms with Crippen molar-refractivity contribution in [3.05, 3.63) is 48.0 Å². The van der Waals surface area contributed by atoms with E-state index >= 15 is 0 Å². The van der Waals surface area contributed by atoms with Gasteiger partial charge in [0, 0.05) is 5.56 Å². The van der Waals surface area contributed by atoms with Crippen molar-refractivity contribution in [3.8, 4) is 17.2 Å².